The van der Waals surface area contributed by atoms with Crippen molar-refractivity contribution < 1.29 is 19.4 Å². The van der Waals surface area contributed by atoms with Gasteiger partial charge in [0.1, 0.15) is 11.6 Å². The third-order valence-corrected chi connectivity index (χ3v) is 4.77. The van der Waals surface area contributed by atoms with E-state index in [1.54, 1.807) is 4.90 Å². The van der Waals surface area contributed by atoms with Gasteiger partial charge in [-0.25, -0.2) is 4.79 Å². The smallest absolute Gasteiger partial charge is 0.410 e. The van der Waals surface area contributed by atoms with Gasteiger partial charge in [0.05, 0.1) is 0 Å². The van der Waals surface area contributed by atoms with Crippen LogP contribution in [0.5, 0.6) is 0 Å². The molecule has 1 saturated heterocycles. The van der Waals surface area contributed by atoms with Gasteiger partial charge in [-0.05, 0) is 52.0 Å². The van der Waals surface area contributed by atoms with Crippen molar-refractivity contribution >= 4 is 12.1 Å². The highest BCUT2D eigenvalue weighted by atomic mass is 16.6. The van der Waals surface area contributed by atoms with Crippen molar-refractivity contribution in [3.63, 3.8) is 0 Å². The standard InChI is InChI=1S/C16H29N3O4/c1-15(2,3)23-14(22)19-10-8-18(9-11-19)7-6-16(4-5-16)12(17)13(20)21/h12H,4-11,17H2,1-3H3,(H,20,21). The minimum Gasteiger partial charge on any atom is -0.480 e. The first-order valence-corrected chi connectivity index (χ1v) is 8.32. The molecule has 132 valence electrons. The Morgan fingerprint density at radius 3 is 2.22 bits per heavy atom. The number of nitrogens with two attached hydrogens (primary N) is 1. The molecule has 1 amide bonds. The molecule has 7 nitrogen and oxygen atoms in total. The number of nitrogens with zero attached hydrogens (tertiary/aromatic N) is 2. The Hall–Kier alpha value is -1.34. The highest BCUT2D eigenvalue weighted by molar-refractivity contribution is 5.75. The summed E-state index contributed by atoms with van der Waals surface area (Å²) in [6, 6.07) is -0.759. The summed E-state index contributed by atoms with van der Waals surface area (Å²) in [6.07, 6.45) is 2.35. The summed E-state index contributed by atoms with van der Waals surface area (Å²) in [4.78, 5) is 27.1. The molecular formula is C16H29N3O4. The second kappa shape index (κ2) is 6.65. The average Bonchev–Trinajstić information content (AvgIpc) is 3.24. The Morgan fingerprint density at radius 1 is 1.22 bits per heavy atom. The van der Waals surface area contributed by atoms with Crippen LogP contribution in [0, 0.1) is 5.41 Å². The topological polar surface area (TPSA) is 96.1 Å². The lowest BCUT2D eigenvalue weighted by Crippen LogP contribution is -2.50. The quantitative estimate of drug-likeness (QED) is 0.785. The van der Waals surface area contributed by atoms with E-state index < -0.39 is 17.6 Å². The van der Waals surface area contributed by atoms with Crippen molar-refractivity contribution in [1.29, 1.82) is 0 Å². The fraction of sp³-hybridized carbons (Fsp3) is 0.875. The van der Waals surface area contributed by atoms with Gasteiger partial charge >= 0.3 is 12.1 Å². The van der Waals surface area contributed by atoms with Crippen LogP contribution in [0.4, 0.5) is 4.79 Å². The molecule has 2 aliphatic rings. The average molecular weight is 327 g/mol. The molecule has 0 aromatic rings. The number of hydrogen-bond acceptors (Lipinski definition) is 5. The van der Waals surface area contributed by atoms with E-state index in [4.69, 9.17) is 15.6 Å². The molecule has 0 radical (unpaired) electrons. The molecule has 3 N–H and O–H groups in total. The predicted octanol–water partition coefficient (Wildman–Crippen LogP) is 1.12. The van der Waals surface area contributed by atoms with Gasteiger partial charge in [0, 0.05) is 26.2 Å². The Morgan fingerprint density at radius 2 is 1.78 bits per heavy atom. The Labute approximate surface area is 137 Å². The van der Waals surface area contributed by atoms with E-state index in [0.29, 0.717) is 13.1 Å². The van der Waals surface area contributed by atoms with E-state index in [1.165, 1.54) is 0 Å². The lowest BCUT2D eigenvalue weighted by molar-refractivity contribution is -0.140. The highest BCUT2D eigenvalue weighted by Gasteiger charge is 2.50. The number of carbonyl (C=O) groups is 2. The molecule has 1 unspecified atom stereocenters. The largest absolute Gasteiger partial charge is 0.480 e. The Kier molecular flexibility index (Phi) is 5.20. The number of rotatable bonds is 5. The number of carbonyl (C=O) groups excluding carboxylic acids is 1. The fourth-order valence-corrected chi connectivity index (χ4v) is 3.00. The first kappa shape index (κ1) is 18.0. The van der Waals surface area contributed by atoms with Crippen molar-refractivity contribution in [1.82, 2.24) is 9.80 Å². The molecule has 0 spiro atoms. The molecule has 1 saturated carbocycles. The minimum absolute atomic E-state index is 0.214. The lowest BCUT2D eigenvalue weighted by Gasteiger charge is -2.36. The van der Waals surface area contributed by atoms with Gasteiger partial charge in [-0.3, -0.25) is 9.69 Å². The summed E-state index contributed by atoms with van der Waals surface area (Å²) < 4.78 is 5.38. The summed E-state index contributed by atoms with van der Waals surface area (Å²) in [5.74, 6) is -0.905. The van der Waals surface area contributed by atoms with E-state index in [0.717, 1.165) is 38.9 Å². The van der Waals surface area contributed by atoms with E-state index in [1.807, 2.05) is 20.8 Å². The van der Waals surface area contributed by atoms with Gasteiger partial charge in [0.15, 0.2) is 0 Å². The Bertz CT molecular complexity index is 449. The molecule has 2 rings (SSSR count). The molecule has 0 aromatic carbocycles. The number of carboxylic acids is 1. The van der Waals surface area contributed by atoms with Crippen LogP contribution in [0.25, 0.3) is 0 Å². The molecule has 23 heavy (non-hydrogen) atoms. The van der Waals surface area contributed by atoms with Gasteiger partial charge in [0.25, 0.3) is 0 Å². The number of ether oxygens (including phenoxy) is 1. The van der Waals surface area contributed by atoms with Crippen molar-refractivity contribution in [2.75, 3.05) is 32.7 Å². The number of amides is 1. The van der Waals surface area contributed by atoms with E-state index >= 15 is 0 Å². The number of carboxylic acid groups (broad SMARTS) is 1. The molecule has 1 heterocycles. The summed E-state index contributed by atoms with van der Waals surface area (Å²) in [5, 5.41) is 9.09. The van der Waals surface area contributed by atoms with Gasteiger partial charge in [-0.15, -0.1) is 0 Å². The molecule has 0 bridgehead atoms. The van der Waals surface area contributed by atoms with Crippen LogP contribution in [0.2, 0.25) is 0 Å². The maximum atomic E-state index is 12.0. The second-order valence-corrected chi connectivity index (χ2v) is 7.74. The van der Waals surface area contributed by atoms with Gasteiger partial charge in [-0.2, -0.15) is 0 Å². The van der Waals surface area contributed by atoms with Crippen LogP contribution in [0.15, 0.2) is 0 Å². The van der Waals surface area contributed by atoms with Crippen LogP contribution < -0.4 is 5.73 Å². The van der Waals surface area contributed by atoms with Crippen LogP contribution in [-0.4, -0.2) is 71.3 Å². The SMILES string of the molecule is CC(C)(C)OC(=O)N1CCN(CCC2(C(N)C(=O)O)CC2)CC1. The molecule has 2 fully saturated rings. The fourth-order valence-electron chi connectivity index (χ4n) is 3.00. The van der Waals surface area contributed by atoms with Gasteiger partial charge in [0.2, 0.25) is 0 Å². The van der Waals surface area contributed by atoms with Crippen molar-refractivity contribution in [3.8, 4) is 0 Å². The number of aliphatic carboxylic acids is 1. The first-order valence-electron chi connectivity index (χ1n) is 8.32. The maximum Gasteiger partial charge on any atom is 0.410 e. The summed E-state index contributed by atoms with van der Waals surface area (Å²) in [7, 11) is 0. The van der Waals surface area contributed by atoms with E-state index in [2.05, 4.69) is 4.90 Å². The molecule has 1 aliphatic heterocycles. The molecule has 1 aliphatic carbocycles. The number of hydrogen-bond donors (Lipinski definition) is 2. The molecule has 1 atom stereocenters. The van der Waals surface area contributed by atoms with E-state index in [-0.39, 0.29) is 11.5 Å². The van der Waals surface area contributed by atoms with Crippen molar-refractivity contribution in [3.05, 3.63) is 0 Å². The normalized spacial score (nSPS) is 22.5. The van der Waals surface area contributed by atoms with Crippen LogP contribution in [0.3, 0.4) is 0 Å². The predicted molar refractivity (Wildman–Crippen MR) is 86.1 cm³/mol. The zero-order valence-electron chi connectivity index (χ0n) is 14.4. The van der Waals surface area contributed by atoms with Crippen molar-refractivity contribution in [2.45, 2.75) is 51.7 Å². The zero-order valence-corrected chi connectivity index (χ0v) is 14.4. The molecular weight excluding hydrogens is 298 g/mol. The molecule has 7 heteroatoms. The third-order valence-electron chi connectivity index (χ3n) is 4.77. The van der Waals surface area contributed by atoms with E-state index in [9.17, 15) is 9.59 Å². The van der Waals surface area contributed by atoms with Gasteiger partial charge < -0.3 is 20.5 Å². The lowest BCUT2D eigenvalue weighted by atomic mass is 9.93. The highest BCUT2D eigenvalue weighted by Crippen LogP contribution is 2.51. The summed E-state index contributed by atoms with van der Waals surface area (Å²) in [5.41, 5.74) is 5.12. The minimum atomic E-state index is -0.905. The third kappa shape index (κ3) is 4.81. The second-order valence-electron chi connectivity index (χ2n) is 7.74. The summed E-state index contributed by atoms with van der Waals surface area (Å²) in [6.45, 7) is 9.30. The van der Waals surface area contributed by atoms with Crippen LogP contribution in [0.1, 0.15) is 40.0 Å². The van der Waals surface area contributed by atoms with Gasteiger partial charge in [-0.1, -0.05) is 0 Å². The van der Waals surface area contributed by atoms with Crippen LogP contribution in [-0.2, 0) is 9.53 Å². The van der Waals surface area contributed by atoms with Crippen molar-refractivity contribution in [2.24, 2.45) is 11.1 Å². The summed E-state index contributed by atoms with van der Waals surface area (Å²) >= 11 is 0. The van der Waals surface area contributed by atoms with Crippen LogP contribution >= 0.6 is 0 Å². The molecule has 0 aromatic heterocycles. The monoisotopic (exact) mass is 327 g/mol. The first-order chi connectivity index (χ1) is 10.6. The number of piperazine rings is 1. The maximum absolute atomic E-state index is 12.0. The zero-order chi connectivity index (χ0) is 17.3. The Balaban J connectivity index is 1.73.